The van der Waals surface area contributed by atoms with Crippen molar-refractivity contribution in [3.63, 3.8) is 0 Å². The molecule has 0 spiro atoms. The molecular weight excluding hydrogens is 322 g/mol. The first-order chi connectivity index (χ1) is 12.3. The molecular formula is C21H31N5. The topological polar surface area (TPSA) is 45.5 Å². The maximum atomic E-state index is 4.54. The van der Waals surface area contributed by atoms with Crippen LogP contribution in [0.3, 0.4) is 0 Å². The Morgan fingerprint density at radius 3 is 2.54 bits per heavy atom. The van der Waals surface area contributed by atoms with E-state index in [-0.39, 0.29) is 5.54 Å². The summed E-state index contributed by atoms with van der Waals surface area (Å²) in [5.74, 6) is 2.08. The molecule has 5 heteroatoms. The van der Waals surface area contributed by atoms with Crippen molar-refractivity contribution in [3.8, 4) is 0 Å². The molecule has 1 aliphatic rings. The summed E-state index contributed by atoms with van der Waals surface area (Å²) < 4.78 is 2.22. The van der Waals surface area contributed by atoms with Gasteiger partial charge in [0.25, 0.3) is 0 Å². The number of guanidine groups is 1. The van der Waals surface area contributed by atoms with Crippen LogP contribution < -0.4 is 5.32 Å². The Bertz CT molecular complexity index is 758. The Hall–Kier alpha value is -2.30. The van der Waals surface area contributed by atoms with Gasteiger partial charge in [-0.3, -0.25) is 4.99 Å². The van der Waals surface area contributed by atoms with E-state index in [9.17, 15) is 0 Å². The molecule has 3 rings (SSSR count). The van der Waals surface area contributed by atoms with E-state index in [0.717, 1.165) is 37.8 Å². The lowest BCUT2D eigenvalue weighted by molar-refractivity contribution is -0.0666. The highest BCUT2D eigenvalue weighted by atomic mass is 15.4. The number of aliphatic imine (C=N–C) groups is 1. The number of benzene rings is 1. The van der Waals surface area contributed by atoms with Crippen LogP contribution in [-0.4, -0.2) is 46.1 Å². The fourth-order valence-corrected chi connectivity index (χ4v) is 3.47. The van der Waals surface area contributed by atoms with E-state index in [4.69, 9.17) is 0 Å². The minimum Gasteiger partial charge on any atom is -0.356 e. The quantitative estimate of drug-likeness (QED) is 0.663. The smallest absolute Gasteiger partial charge is 0.194 e. The fourth-order valence-electron chi connectivity index (χ4n) is 3.47. The predicted octanol–water partition coefficient (Wildman–Crippen LogP) is 3.17. The Morgan fingerprint density at radius 1 is 1.19 bits per heavy atom. The van der Waals surface area contributed by atoms with E-state index >= 15 is 0 Å². The minimum atomic E-state index is 0.112. The highest BCUT2D eigenvalue weighted by molar-refractivity contribution is 5.82. The second-order valence-corrected chi connectivity index (χ2v) is 8.21. The lowest BCUT2D eigenvalue weighted by atomic mass is 9.65. The number of nitrogens with zero attached hydrogens (tertiary/aromatic N) is 4. The third-order valence-electron chi connectivity index (χ3n) is 5.98. The van der Waals surface area contributed by atoms with Crippen LogP contribution in [0, 0.1) is 5.41 Å². The summed E-state index contributed by atoms with van der Waals surface area (Å²) in [5.41, 5.74) is 1.71. The Labute approximate surface area is 157 Å². The van der Waals surface area contributed by atoms with Gasteiger partial charge in [-0.2, -0.15) is 0 Å². The van der Waals surface area contributed by atoms with Crippen LogP contribution in [0.2, 0.25) is 0 Å². The molecule has 2 heterocycles. The van der Waals surface area contributed by atoms with Crippen molar-refractivity contribution in [1.29, 1.82) is 0 Å². The van der Waals surface area contributed by atoms with E-state index in [0.29, 0.717) is 5.41 Å². The van der Waals surface area contributed by atoms with Crippen molar-refractivity contribution in [3.05, 3.63) is 54.1 Å². The van der Waals surface area contributed by atoms with Gasteiger partial charge in [-0.1, -0.05) is 44.2 Å². The second kappa shape index (κ2) is 7.14. The van der Waals surface area contributed by atoms with Crippen LogP contribution in [0.15, 0.2) is 47.7 Å². The summed E-state index contributed by atoms with van der Waals surface area (Å²) in [6.45, 7) is 11.9. The number of hydrogen-bond donors (Lipinski definition) is 1. The largest absolute Gasteiger partial charge is 0.356 e. The van der Waals surface area contributed by atoms with Crippen molar-refractivity contribution in [2.75, 3.05) is 20.1 Å². The number of aromatic nitrogens is 2. The van der Waals surface area contributed by atoms with Gasteiger partial charge in [0, 0.05) is 56.5 Å². The summed E-state index contributed by atoms with van der Waals surface area (Å²) in [4.78, 5) is 11.4. The number of rotatable bonds is 5. The number of hydrogen-bond acceptors (Lipinski definition) is 2. The molecule has 1 aliphatic heterocycles. The molecule has 1 N–H and O–H groups in total. The first-order valence-corrected chi connectivity index (χ1v) is 9.37. The molecule has 26 heavy (non-hydrogen) atoms. The number of imidazole rings is 1. The second-order valence-electron chi connectivity index (χ2n) is 8.21. The molecule has 1 saturated heterocycles. The summed E-state index contributed by atoms with van der Waals surface area (Å²) in [6.07, 6.45) is 4.81. The predicted molar refractivity (Wildman–Crippen MR) is 107 cm³/mol. The maximum Gasteiger partial charge on any atom is 0.194 e. The molecule has 1 aromatic heterocycles. The van der Waals surface area contributed by atoms with Crippen LogP contribution in [-0.2, 0) is 13.0 Å². The van der Waals surface area contributed by atoms with Gasteiger partial charge in [0.15, 0.2) is 5.96 Å². The average Bonchev–Trinajstić information content (AvgIpc) is 3.05. The van der Waals surface area contributed by atoms with Crippen LogP contribution in [0.1, 0.15) is 39.1 Å². The van der Waals surface area contributed by atoms with Gasteiger partial charge in [0.05, 0.1) is 0 Å². The number of nitrogens with one attached hydrogen (secondary N) is 1. The number of likely N-dealkylation sites (tertiary alicyclic amines) is 1. The summed E-state index contributed by atoms with van der Waals surface area (Å²) in [7, 11) is 1.86. The van der Waals surface area contributed by atoms with Crippen LogP contribution in [0.4, 0.5) is 0 Å². The van der Waals surface area contributed by atoms with Crippen LogP contribution in [0.5, 0.6) is 0 Å². The molecule has 0 radical (unpaired) electrons. The monoisotopic (exact) mass is 353 g/mol. The SMILES string of the molecule is CN=C(NCCc1nccn1Cc1ccccc1)N1CC(C)(C)C1(C)C. The van der Waals surface area contributed by atoms with Crippen molar-refractivity contribution < 1.29 is 0 Å². The molecule has 140 valence electrons. The zero-order chi connectivity index (χ0) is 18.8. The third-order valence-corrected chi connectivity index (χ3v) is 5.98. The molecule has 0 unspecified atom stereocenters. The molecule has 1 fully saturated rings. The molecule has 0 saturated carbocycles. The maximum absolute atomic E-state index is 4.54. The summed E-state index contributed by atoms with van der Waals surface area (Å²) in [5, 5.41) is 3.52. The molecule has 5 nitrogen and oxygen atoms in total. The van der Waals surface area contributed by atoms with Gasteiger partial charge >= 0.3 is 0 Å². The lowest BCUT2D eigenvalue weighted by Crippen LogP contribution is -2.72. The van der Waals surface area contributed by atoms with E-state index in [2.05, 4.69) is 82.9 Å². The zero-order valence-electron chi connectivity index (χ0n) is 16.7. The standard InChI is InChI=1S/C21H31N5/c1-20(2)16-26(21(20,3)4)19(22-5)24-12-11-18-23-13-14-25(18)15-17-9-7-6-8-10-17/h6-10,13-14H,11-12,15-16H2,1-5H3,(H,22,24). The van der Waals surface area contributed by atoms with Crippen molar-refractivity contribution >= 4 is 5.96 Å². The van der Waals surface area contributed by atoms with Gasteiger partial charge in [-0.15, -0.1) is 0 Å². The minimum absolute atomic E-state index is 0.112. The Kier molecular flexibility index (Phi) is 5.08. The van der Waals surface area contributed by atoms with Crippen molar-refractivity contribution in [2.24, 2.45) is 10.4 Å². The normalized spacial score (nSPS) is 18.5. The highest BCUT2D eigenvalue weighted by Crippen LogP contribution is 2.46. The molecule has 0 bridgehead atoms. The van der Waals surface area contributed by atoms with Gasteiger partial charge in [-0.05, 0) is 19.4 Å². The van der Waals surface area contributed by atoms with Crippen molar-refractivity contribution in [1.82, 2.24) is 19.8 Å². The van der Waals surface area contributed by atoms with Crippen LogP contribution >= 0.6 is 0 Å². The van der Waals surface area contributed by atoms with Gasteiger partial charge in [0.2, 0.25) is 0 Å². The average molecular weight is 354 g/mol. The van der Waals surface area contributed by atoms with E-state index in [1.807, 2.05) is 19.3 Å². The van der Waals surface area contributed by atoms with E-state index in [1.54, 1.807) is 0 Å². The van der Waals surface area contributed by atoms with Crippen molar-refractivity contribution in [2.45, 2.75) is 46.2 Å². The van der Waals surface area contributed by atoms with Gasteiger partial charge in [-0.25, -0.2) is 4.98 Å². The van der Waals surface area contributed by atoms with Gasteiger partial charge in [0.1, 0.15) is 5.82 Å². The first-order valence-electron chi connectivity index (χ1n) is 9.37. The van der Waals surface area contributed by atoms with E-state index < -0.39 is 0 Å². The Balaban J connectivity index is 1.56. The molecule has 1 aromatic carbocycles. The van der Waals surface area contributed by atoms with Gasteiger partial charge < -0.3 is 14.8 Å². The molecule has 0 aliphatic carbocycles. The summed E-state index contributed by atoms with van der Waals surface area (Å²) >= 11 is 0. The van der Waals surface area contributed by atoms with E-state index in [1.165, 1.54) is 5.56 Å². The van der Waals surface area contributed by atoms with Crippen LogP contribution in [0.25, 0.3) is 0 Å². The molecule has 0 atom stereocenters. The zero-order valence-corrected chi connectivity index (χ0v) is 16.7. The first kappa shape index (κ1) is 18.5. The summed E-state index contributed by atoms with van der Waals surface area (Å²) in [6, 6.07) is 10.5. The highest BCUT2D eigenvalue weighted by Gasteiger charge is 2.53. The third kappa shape index (κ3) is 3.48. The lowest BCUT2D eigenvalue weighted by Gasteiger charge is -2.62. The molecule has 0 amide bonds. The Morgan fingerprint density at radius 2 is 1.92 bits per heavy atom. The molecule has 2 aromatic rings. The fraction of sp³-hybridized carbons (Fsp3) is 0.524.